The number of hydrazone groups is 1. The number of quaternary nitrogens is 1. The van der Waals surface area contributed by atoms with E-state index in [9.17, 15) is 10.1 Å². The van der Waals surface area contributed by atoms with Gasteiger partial charge < -0.3 is 0 Å². The number of rotatable bonds is 3. The summed E-state index contributed by atoms with van der Waals surface area (Å²) in [6.45, 7) is 0. The standard InChI is InChI=1S/C8H9N5O2/c14-13(15)7-3-1-6(2-4-7)5-8-9-11-12-10-8/h1-4,11-12H,5H2,(H,9,10)/p+1. The average Bonchev–Trinajstić information content (AvgIpc) is 2.71. The molecular formula is C8H10N5O2+. The first-order chi connectivity index (χ1) is 7.25. The Balaban J connectivity index is 2.06. The van der Waals surface area contributed by atoms with Gasteiger partial charge in [-0.25, -0.2) is 5.43 Å². The van der Waals surface area contributed by atoms with Crippen LogP contribution in [0.2, 0.25) is 0 Å². The van der Waals surface area contributed by atoms with E-state index in [1.165, 1.54) is 12.1 Å². The van der Waals surface area contributed by atoms with Crippen molar-refractivity contribution < 1.29 is 10.3 Å². The number of amidine groups is 1. The lowest BCUT2D eigenvalue weighted by Crippen LogP contribution is -2.95. The van der Waals surface area contributed by atoms with Gasteiger partial charge in [0, 0.05) is 12.1 Å². The van der Waals surface area contributed by atoms with Crippen molar-refractivity contribution in [1.82, 2.24) is 11.1 Å². The van der Waals surface area contributed by atoms with Crippen LogP contribution < -0.4 is 16.5 Å². The second-order valence-corrected chi connectivity index (χ2v) is 3.10. The zero-order valence-electron chi connectivity index (χ0n) is 7.80. The molecule has 0 radical (unpaired) electrons. The molecule has 0 atom stereocenters. The number of benzene rings is 1. The van der Waals surface area contributed by atoms with Gasteiger partial charge >= 0.3 is 0 Å². The molecule has 0 bridgehead atoms. The molecule has 0 saturated carbocycles. The first-order valence-electron chi connectivity index (χ1n) is 4.39. The van der Waals surface area contributed by atoms with E-state index in [4.69, 9.17) is 0 Å². The molecule has 78 valence electrons. The summed E-state index contributed by atoms with van der Waals surface area (Å²) >= 11 is 0. The Morgan fingerprint density at radius 2 is 2.13 bits per heavy atom. The van der Waals surface area contributed by atoms with Crippen molar-refractivity contribution in [2.45, 2.75) is 6.42 Å². The molecule has 7 heteroatoms. The third-order valence-corrected chi connectivity index (χ3v) is 2.04. The number of nitrogens with one attached hydrogen (secondary N) is 2. The minimum Gasteiger partial charge on any atom is -0.258 e. The number of non-ortho nitro benzene ring substituents is 1. The van der Waals surface area contributed by atoms with Crippen LogP contribution in [0.15, 0.2) is 29.4 Å². The van der Waals surface area contributed by atoms with E-state index in [0.717, 1.165) is 11.4 Å². The minimum atomic E-state index is -0.411. The highest BCUT2D eigenvalue weighted by molar-refractivity contribution is 5.75. The van der Waals surface area contributed by atoms with E-state index >= 15 is 0 Å². The minimum absolute atomic E-state index is 0.104. The predicted molar refractivity (Wildman–Crippen MR) is 52.4 cm³/mol. The van der Waals surface area contributed by atoms with Gasteiger partial charge in [0.2, 0.25) is 5.84 Å². The summed E-state index contributed by atoms with van der Waals surface area (Å²) in [5.74, 6) is 0.865. The second-order valence-electron chi connectivity index (χ2n) is 3.10. The topological polar surface area (TPSA) is 96.2 Å². The fraction of sp³-hybridized carbons (Fsp3) is 0.125. The molecule has 0 spiro atoms. The van der Waals surface area contributed by atoms with Gasteiger partial charge in [-0.05, 0) is 5.56 Å². The van der Waals surface area contributed by atoms with Crippen molar-refractivity contribution in [1.29, 1.82) is 0 Å². The van der Waals surface area contributed by atoms with Crippen LogP contribution in [-0.2, 0) is 6.42 Å². The molecule has 1 aromatic rings. The van der Waals surface area contributed by atoms with Crippen LogP contribution in [0, 0.1) is 10.1 Å². The molecule has 0 unspecified atom stereocenters. The molecule has 15 heavy (non-hydrogen) atoms. The summed E-state index contributed by atoms with van der Waals surface area (Å²) in [7, 11) is 0. The maximum atomic E-state index is 10.4. The summed E-state index contributed by atoms with van der Waals surface area (Å²) in [6.07, 6.45) is 0.651. The smallest absolute Gasteiger partial charge is 0.258 e. The SMILES string of the molecule is O=[N+]([O-])c1ccc(CC2=NNN[NH2+]2)cc1. The molecule has 0 aliphatic carbocycles. The highest BCUT2D eigenvalue weighted by Gasteiger charge is 2.11. The molecule has 4 N–H and O–H groups in total. The molecule has 1 aromatic carbocycles. The molecular weight excluding hydrogens is 198 g/mol. The number of nitro benzene ring substituents is 1. The monoisotopic (exact) mass is 208 g/mol. The van der Waals surface area contributed by atoms with Gasteiger partial charge in [0.15, 0.2) is 0 Å². The van der Waals surface area contributed by atoms with Crippen LogP contribution in [0.4, 0.5) is 5.69 Å². The van der Waals surface area contributed by atoms with Crippen molar-refractivity contribution in [2.75, 3.05) is 0 Å². The summed E-state index contributed by atoms with van der Waals surface area (Å²) in [5, 5.41) is 14.4. The zero-order chi connectivity index (χ0) is 10.7. The fourth-order valence-electron chi connectivity index (χ4n) is 1.29. The molecule has 0 aromatic heterocycles. The number of hydrogen-bond acceptors (Lipinski definition) is 5. The Kier molecular flexibility index (Phi) is 2.57. The first kappa shape index (κ1) is 9.56. The average molecular weight is 208 g/mol. The molecule has 2 rings (SSSR count). The highest BCUT2D eigenvalue weighted by atomic mass is 16.6. The van der Waals surface area contributed by atoms with E-state index in [0.29, 0.717) is 6.42 Å². The Morgan fingerprint density at radius 3 is 2.67 bits per heavy atom. The Bertz CT molecular complexity index is 400. The number of nitro groups is 1. The van der Waals surface area contributed by atoms with Gasteiger partial charge in [0.1, 0.15) is 0 Å². The number of hydrazine groups is 1. The summed E-state index contributed by atoms with van der Waals surface area (Å²) < 4.78 is 0. The van der Waals surface area contributed by atoms with Crippen molar-refractivity contribution >= 4 is 11.5 Å². The van der Waals surface area contributed by atoms with Crippen molar-refractivity contribution in [3.05, 3.63) is 39.9 Å². The van der Waals surface area contributed by atoms with Crippen LogP contribution in [0.3, 0.4) is 0 Å². The maximum Gasteiger partial charge on any atom is 0.269 e. The summed E-state index contributed by atoms with van der Waals surface area (Å²) in [6, 6.07) is 6.44. The fourth-order valence-corrected chi connectivity index (χ4v) is 1.29. The van der Waals surface area contributed by atoms with Crippen LogP contribution in [-0.4, -0.2) is 10.8 Å². The van der Waals surface area contributed by atoms with E-state index in [-0.39, 0.29) is 5.69 Å². The first-order valence-corrected chi connectivity index (χ1v) is 4.39. The van der Waals surface area contributed by atoms with Crippen molar-refractivity contribution in [3.63, 3.8) is 0 Å². The zero-order valence-corrected chi connectivity index (χ0v) is 7.80. The van der Waals surface area contributed by atoms with Crippen LogP contribution >= 0.6 is 0 Å². The Hall–Kier alpha value is -1.99. The predicted octanol–water partition coefficient (Wildman–Crippen LogP) is -0.963. The molecule has 1 aliphatic heterocycles. The highest BCUT2D eigenvalue weighted by Crippen LogP contribution is 2.11. The van der Waals surface area contributed by atoms with E-state index in [1.807, 2.05) is 0 Å². The molecule has 1 heterocycles. The lowest BCUT2D eigenvalue weighted by Gasteiger charge is -1.97. The van der Waals surface area contributed by atoms with Crippen LogP contribution in [0.1, 0.15) is 5.56 Å². The number of nitrogens with two attached hydrogens (primary N) is 1. The lowest BCUT2D eigenvalue weighted by molar-refractivity contribution is -0.604. The molecule has 0 saturated heterocycles. The van der Waals surface area contributed by atoms with Gasteiger partial charge in [-0.3, -0.25) is 10.1 Å². The quantitative estimate of drug-likeness (QED) is 0.338. The van der Waals surface area contributed by atoms with Crippen molar-refractivity contribution in [2.24, 2.45) is 5.10 Å². The van der Waals surface area contributed by atoms with E-state index in [2.05, 4.69) is 16.2 Å². The van der Waals surface area contributed by atoms with Gasteiger partial charge in [0.25, 0.3) is 5.69 Å². The third kappa shape index (κ3) is 2.27. The van der Waals surface area contributed by atoms with E-state index in [1.54, 1.807) is 17.6 Å². The Morgan fingerprint density at radius 1 is 1.40 bits per heavy atom. The largest absolute Gasteiger partial charge is 0.269 e. The van der Waals surface area contributed by atoms with Gasteiger partial charge in [-0.2, -0.15) is 5.53 Å². The van der Waals surface area contributed by atoms with E-state index < -0.39 is 4.92 Å². The molecule has 0 fully saturated rings. The lowest BCUT2D eigenvalue weighted by atomic mass is 10.1. The molecule has 0 amide bonds. The van der Waals surface area contributed by atoms with Gasteiger partial charge in [-0.1, -0.05) is 17.7 Å². The number of nitrogens with zero attached hydrogens (tertiary/aromatic N) is 2. The summed E-state index contributed by atoms with van der Waals surface area (Å²) in [5.41, 5.74) is 8.17. The molecule has 7 nitrogen and oxygen atoms in total. The second kappa shape index (κ2) is 4.03. The maximum absolute atomic E-state index is 10.4. The van der Waals surface area contributed by atoms with Gasteiger partial charge in [0.05, 0.1) is 11.3 Å². The van der Waals surface area contributed by atoms with Crippen molar-refractivity contribution in [3.8, 4) is 0 Å². The normalized spacial score (nSPS) is 14.5. The third-order valence-electron chi connectivity index (χ3n) is 2.04. The van der Waals surface area contributed by atoms with Gasteiger partial charge in [-0.15, -0.1) is 5.10 Å². The van der Waals surface area contributed by atoms with Crippen LogP contribution in [0.5, 0.6) is 0 Å². The molecule has 1 aliphatic rings. The van der Waals surface area contributed by atoms with Crippen LogP contribution in [0.25, 0.3) is 0 Å². The Labute approximate surface area is 85.3 Å². The summed E-state index contributed by atoms with van der Waals surface area (Å²) in [4.78, 5) is 10.0. The number of hydrogen-bond donors (Lipinski definition) is 3.